The largest absolute Gasteiger partial charge is 0.330 e. The third-order valence-electron chi connectivity index (χ3n) is 3.61. The number of H-pyrrole nitrogens is 1. The molecule has 0 bridgehead atoms. The number of hydrogen-bond donors (Lipinski definition) is 1. The smallest absolute Gasteiger partial charge is 0.320 e. The van der Waals surface area contributed by atoms with Gasteiger partial charge in [-0.25, -0.2) is 19.9 Å². The number of rotatable bonds is 4. The third kappa shape index (κ3) is 2.50. The lowest BCUT2D eigenvalue weighted by Gasteiger charge is -2.12. The van der Waals surface area contributed by atoms with Gasteiger partial charge in [0.1, 0.15) is 17.7 Å². The minimum atomic E-state index is -2.66. The molecule has 0 saturated carbocycles. The van der Waals surface area contributed by atoms with Crippen molar-refractivity contribution in [1.82, 2.24) is 29.5 Å². The fourth-order valence-corrected chi connectivity index (χ4v) is 3.49. The summed E-state index contributed by atoms with van der Waals surface area (Å²) in [5.74, 6) is 0.308. The molecule has 0 unspecified atom stereocenters. The Balaban J connectivity index is 1.72. The van der Waals surface area contributed by atoms with Crippen LogP contribution in [0.5, 0.6) is 0 Å². The predicted octanol–water partition coefficient (Wildman–Crippen LogP) is 3.95. The van der Waals surface area contributed by atoms with Gasteiger partial charge < -0.3 is 4.98 Å². The van der Waals surface area contributed by atoms with E-state index in [0.29, 0.717) is 33.2 Å². The van der Waals surface area contributed by atoms with Crippen LogP contribution in [0.3, 0.4) is 0 Å². The van der Waals surface area contributed by atoms with Crippen molar-refractivity contribution in [2.45, 2.75) is 23.9 Å². The number of aromatic nitrogens is 6. The molecule has 24 heavy (non-hydrogen) atoms. The van der Waals surface area contributed by atoms with Crippen LogP contribution in [-0.4, -0.2) is 29.5 Å². The van der Waals surface area contributed by atoms with Gasteiger partial charge in [0.2, 0.25) is 0 Å². The Morgan fingerprint density at radius 1 is 1.21 bits per heavy atom. The Morgan fingerprint density at radius 3 is 2.83 bits per heavy atom. The van der Waals surface area contributed by atoms with E-state index in [9.17, 15) is 8.78 Å². The van der Waals surface area contributed by atoms with Gasteiger partial charge in [0.15, 0.2) is 10.8 Å². The Hall–Kier alpha value is -2.55. The molecule has 122 valence electrons. The number of hydrogen-bond acceptors (Lipinski definition) is 5. The topological polar surface area (TPSA) is 72.3 Å². The maximum atomic E-state index is 13.5. The van der Waals surface area contributed by atoms with Gasteiger partial charge in [0.25, 0.3) is 0 Å². The molecule has 0 aliphatic rings. The van der Waals surface area contributed by atoms with E-state index < -0.39 is 6.55 Å². The molecule has 3 heterocycles. The Kier molecular flexibility index (Phi) is 3.64. The quantitative estimate of drug-likeness (QED) is 0.567. The number of para-hydroxylation sites is 2. The minimum absolute atomic E-state index is 0.308. The van der Waals surface area contributed by atoms with Gasteiger partial charge in [0, 0.05) is 0 Å². The molecular formula is C15H12F2N6S. The van der Waals surface area contributed by atoms with E-state index in [1.165, 1.54) is 18.1 Å². The number of imidazole rings is 2. The van der Waals surface area contributed by atoms with Gasteiger partial charge in [-0.3, -0.25) is 4.57 Å². The molecule has 0 radical (unpaired) electrons. The van der Waals surface area contributed by atoms with Crippen LogP contribution in [0.1, 0.15) is 24.5 Å². The number of thioether (sulfide) groups is 1. The van der Waals surface area contributed by atoms with Gasteiger partial charge >= 0.3 is 6.55 Å². The number of nitrogens with zero attached hydrogens (tertiary/aromatic N) is 5. The van der Waals surface area contributed by atoms with E-state index in [1.807, 2.05) is 6.92 Å². The molecule has 0 aliphatic carbocycles. The molecule has 6 nitrogen and oxygen atoms in total. The second-order valence-corrected chi connectivity index (χ2v) is 6.50. The summed E-state index contributed by atoms with van der Waals surface area (Å²) >= 11 is 1.32. The molecule has 1 aromatic carbocycles. The molecule has 0 aliphatic heterocycles. The van der Waals surface area contributed by atoms with Gasteiger partial charge in [-0.05, 0) is 19.1 Å². The van der Waals surface area contributed by atoms with Crippen molar-refractivity contribution in [1.29, 1.82) is 0 Å². The zero-order valence-electron chi connectivity index (χ0n) is 12.5. The standard InChI is InChI=1S/C15H12F2N6S/c1-8(24-15-21-10-6-18-7-19-12(10)22-15)13-20-9-4-2-3-5-11(9)23(13)14(16)17/h2-8,14H,1H3,(H,18,19,21,22)/t8-/m1/s1. The Morgan fingerprint density at radius 2 is 2.04 bits per heavy atom. The van der Waals surface area contributed by atoms with Crippen molar-refractivity contribution in [2.24, 2.45) is 0 Å². The van der Waals surface area contributed by atoms with Crippen LogP contribution < -0.4 is 0 Å². The lowest BCUT2D eigenvalue weighted by molar-refractivity contribution is 0.0715. The summed E-state index contributed by atoms with van der Waals surface area (Å²) in [4.78, 5) is 19.8. The predicted molar refractivity (Wildman–Crippen MR) is 86.9 cm³/mol. The van der Waals surface area contributed by atoms with Crippen molar-refractivity contribution in [2.75, 3.05) is 0 Å². The molecule has 9 heteroatoms. The van der Waals surface area contributed by atoms with Crippen molar-refractivity contribution in [3.63, 3.8) is 0 Å². The highest BCUT2D eigenvalue weighted by molar-refractivity contribution is 7.99. The second kappa shape index (κ2) is 5.82. The Bertz CT molecular complexity index is 978. The maximum absolute atomic E-state index is 13.5. The van der Waals surface area contributed by atoms with Crippen molar-refractivity contribution >= 4 is 34.0 Å². The molecule has 0 spiro atoms. The summed E-state index contributed by atoms with van der Waals surface area (Å²) in [7, 11) is 0. The molecule has 4 aromatic rings. The third-order valence-corrected chi connectivity index (χ3v) is 4.59. The minimum Gasteiger partial charge on any atom is -0.330 e. The highest BCUT2D eigenvalue weighted by atomic mass is 32.2. The van der Waals surface area contributed by atoms with Crippen LogP contribution in [0.25, 0.3) is 22.2 Å². The number of nitrogens with one attached hydrogen (secondary N) is 1. The number of fused-ring (bicyclic) bond motifs is 2. The molecule has 0 amide bonds. The van der Waals surface area contributed by atoms with E-state index in [-0.39, 0.29) is 5.25 Å². The van der Waals surface area contributed by atoms with Crippen LogP contribution in [-0.2, 0) is 0 Å². The molecule has 3 aromatic heterocycles. The summed E-state index contributed by atoms with van der Waals surface area (Å²) in [5.41, 5.74) is 2.22. The van der Waals surface area contributed by atoms with Crippen LogP contribution in [0.4, 0.5) is 8.78 Å². The van der Waals surface area contributed by atoms with E-state index in [2.05, 4.69) is 24.9 Å². The van der Waals surface area contributed by atoms with E-state index in [1.54, 1.807) is 30.5 Å². The molecule has 0 saturated heterocycles. The molecular weight excluding hydrogens is 334 g/mol. The van der Waals surface area contributed by atoms with Crippen LogP contribution in [0, 0.1) is 0 Å². The van der Waals surface area contributed by atoms with Gasteiger partial charge in [-0.1, -0.05) is 23.9 Å². The number of alkyl halides is 2. The number of halogens is 2. The average Bonchev–Trinajstić information content (AvgIpc) is 3.15. The van der Waals surface area contributed by atoms with Crippen LogP contribution in [0.15, 0.2) is 41.9 Å². The molecule has 4 rings (SSSR count). The fraction of sp³-hybridized carbons (Fsp3) is 0.200. The lowest BCUT2D eigenvalue weighted by atomic mass is 10.3. The zero-order valence-corrected chi connectivity index (χ0v) is 13.3. The molecule has 1 N–H and O–H groups in total. The highest BCUT2D eigenvalue weighted by Gasteiger charge is 2.23. The van der Waals surface area contributed by atoms with Gasteiger partial charge in [0.05, 0.1) is 22.5 Å². The van der Waals surface area contributed by atoms with Gasteiger partial charge in [-0.2, -0.15) is 8.78 Å². The first-order valence-electron chi connectivity index (χ1n) is 7.21. The monoisotopic (exact) mass is 346 g/mol. The second-order valence-electron chi connectivity index (χ2n) is 5.17. The highest BCUT2D eigenvalue weighted by Crippen LogP contribution is 2.36. The first-order valence-corrected chi connectivity index (χ1v) is 8.09. The van der Waals surface area contributed by atoms with E-state index in [0.717, 1.165) is 4.57 Å². The Labute approximate surface area is 139 Å². The van der Waals surface area contributed by atoms with Crippen molar-refractivity contribution in [3.8, 4) is 0 Å². The number of aromatic amines is 1. The van der Waals surface area contributed by atoms with Crippen LogP contribution >= 0.6 is 11.8 Å². The molecule has 1 atom stereocenters. The summed E-state index contributed by atoms with van der Waals surface area (Å²) in [6, 6.07) is 6.88. The van der Waals surface area contributed by atoms with E-state index in [4.69, 9.17) is 0 Å². The van der Waals surface area contributed by atoms with E-state index >= 15 is 0 Å². The summed E-state index contributed by atoms with van der Waals surface area (Å²) < 4.78 is 28.0. The average molecular weight is 346 g/mol. The number of benzene rings is 1. The lowest BCUT2D eigenvalue weighted by Crippen LogP contribution is -2.06. The van der Waals surface area contributed by atoms with Crippen molar-refractivity contribution in [3.05, 3.63) is 42.6 Å². The summed E-state index contributed by atoms with van der Waals surface area (Å²) in [6.07, 6.45) is 3.04. The molecule has 0 fully saturated rings. The van der Waals surface area contributed by atoms with Crippen LogP contribution in [0.2, 0.25) is 0 Å². The normalized spacial score (nSPS) is 13.2. The summed E-state index contributed by atoms with van der Waals surface area (Å²) in [5, 5.41) is 0.269. The first kappa shape index (κ1) is 15.0. The summed E-state index contributed by atoms with van der Waals surface area (Å²) in [6.45, 7) is -0.833. The fourth-order valence-electron chi connectivity index (χ4n) is 2.57. The van der Waals surface area contributed by atoms with Gasteiger partial charge in [-0.15, -0.1) is 0 Å². The maximum Gasteiger partial charge on any atom is 0.320 e. The SMILES string of the molecule is C[C@@H](Sc1nc2ncncc2[nH]1)c1nc2ccccc2n1C(F)F. The van der Waals surface area contributed by atoms with Crippen molar-refractivity contribution < 1.29 is 8.78 Å². The zero-order chi connectivity index (χ0) is 16.7. The first-order chi connectivity index (χ1) is 11.6.